The average molecular weight is 391 g/mol. The first-order chi connectivity index (χ1) is 14.0. The molecule has 148 valence electrons. The molecule has 0 saturated heterocycles. The normalized spacial score (nSPS) is 10.3. The molecule has 0 atom stereocenters. The monoisotopic (exact) mass is 391 g/mol. The first-order valence-electron chi connectivity index (χ1n) is 8.83. The quantitative estimate of drug-likeness (QED) is 0.257. The SMILES string of the molecule is Cc1cccc(N(N)C(=O)NN)c1COc1cccc(-c2ccc(C=O)cc2)n1. The number of nitrogens with zero attached hydrogens (tertiary/aromatic N) is 2. The summed E-state index contributed by atoms with van der Waals surface area (Å²) < 4.78 is 5.87. The molecule has 0 unspecified atom stereocenters. The molecule has 8 nitrogen and oxygen atoms in total. The lowest BCUT2D eigenvalue weighted by Crippen LogP contribution is -2.48. The lowest BCUT2D eigenvalue weighted by Gasteiger charge is -2.21. The lowest BCUT2D eigenvalue weighted by molar-refractivity contribution is 0.112. The molecule has 3 rings (SSSR count). The van der Waals surface area contributed by atoms with Crippen LogP contribution in [0.4, 0.5) is 10.5 Å². The van der Waals surface area contributed by atoms with E-state index in [-0.39, 0.29) is 6.61 Å². The van der Waals surface area contributed by atoms with E-state index in [1.807, 2.05) is 42.7 Å². The van der Waals surface area contributed by atoms with Gasteiger partial charge in [-0.3, -0.25) is 10.2 Å². The van der Waals surface area contributed by atoms with Gasteiger partial charge in [-0.05, 0) is 24.6 Å². The number of anilines is 1. The second-order valence-corrected chi connectivity index (χ2v) is 6.28. The maximum atomic E-state index is 11.8. The molecule has 1 heterocycles. The minimum Gasteiger partial charge on any atom is -0.473 e. The summed E-state index contributed by atoms with van der Waals surface area (Å²) in [4.78, 5) is 27.1. The molecule has 0 aliphatic heterocycles. The van der Waals surface area contributed by atoms with Crippen LogP contribution in [-0.4, -0.2) is 17.3 Å². The minimum absolute atomic E-state index is 0.161. The van der Waals surface area contributed by atoms with Gasteiger partial charge in [0.25, 0.3) is 0 Å². The van der Waals surface area contributed by atoms with E-state index in [0.29, 0.717) is 22.8 Å². The van der Waals surface area contributed by atoms with Crippen molar-refractivity contribution in [3.05, 3.63) is 77.4 Å². The molecule has 0 spiro atoms. The number of benzene rings is 2. The highest BCUT2D eigenvalue weighted by atomic mass is 16.5. The Bertz CT molecular complexity index is 1020. The van der Waals surface area contributed by atoms with Gasteiger partial charge in [0, 0.05) is 22.8 Å². The standard InChI is InChI=1S/C21H21N5O3/c1-14-4-2-6-19(26(23)21(28)25-22)17(14)13-29-20-7-3-5-18(24-20)16-10-8-15(12-27)9-11-16/h2-12H,13,22-23H2,1H3,(H,25,28). The van der Waals surface area contributed by atoms with E-state index < -0.39 is 6.03 Å². The van der Waals surface area contributed by atoms with Gasteiger partial charge < -0.3 is 4.74 Å². The summed E-state index contributed by atoms with van der Waals surface area (Å²) in [6, 6.07) is 17.3. The Labute approximate surface area is 168 Å². The van der Waals surface area contributed by atoms with E-state index in [0.717, 1.165) is 28.0 Å². The first-order valence-corrected chi connectivity index (χ1v) is 8.83. The number of aromatic nitrogens is 1. The number of pyridine rings is 1. The van der Waals surface area contributed by atoms with Gasteiger partial charge in [0.2, 0.25) is 5.88 Å². The Balaban J connectivity index is 1.82. The largest absolute Gasteiger partial charge is 0.473 e. The van der Waals surface area contributed by atoms with Crippen LogP contribution in [0.5, 0.6) is 5.88 Å². The van der Waals surface area contributed by atoms with E-state index in [1.165, 1.54) is 0 Å². The van der Waals surface area contributed by atoms with Crippen LogP contribution in [-0.2, 0) is 6.61 Å². The van der Waals surface area contributed by atoms with Gasteiger partial charge in [-0.15, -0.1) is 0 Å². The molecule has 2 amide bonds. The van der Waals surface area contributed by atoms with Gasteiger partial charge in [-0.2, -0.15) is 0 Å². The molecule has 0 fully saturated rings. The summed E-state index contributed by atoms with van der Waals surface area (Å²) in [5.74, 6) is 11.4. The van der Waals surface area contributed by atoms with Crippen LogP contribution in [0, 0.1) is 6.92 Å². The molecule has 29 heavy (non-hydrogen) atoms. The Morgan fingerprint density at radius 3 is 2.55 bits per heavy atom. The summed E-state index contributed by atoms with van der Waals surface area (Å²) >= 11 is 0. The molecule has 0 bridgehead atoms. The third-order valence-corrected chi connectivity index (χ3v) is 4.42. The molecule has 5 N–H and O–H groups in total. The fraction of sp³-hybridized carbons (Fsp3) is 0.0952. The van der Waals surface area contributed by atoms with Gasteiger partial charge in [-0.1, -0.05) is 42.5 Å². The fourth-order valence-corrected chi connectivity index (χ4v) is 2.81. The van der Waals surface area contributed by atoms with Crippen molar-refractivity contribution in [2.24, 2.45) is 11.7 Å². The zero-order valence-electron chi connectivity index (χ0n) is 15.8. The van der Waals surface area contributed by atoms with Crippen molar-refractivity contribution in [3.63, 3.8) is 0 Å². The highest BCUT2D eigenvalue weighted by Gasteiger charge is 2.16. The van der Waals surface area contributed by atoms with E-state index in [1.54, 1.807) is 30.3 Å². The minimum atomic E-state index is -0.643. The molecule has 2 aromatic carbocycles. The molecule has 0 saturated carbocycles. The number of carbonyl (C=O) groups is 2. The zero-order chi connectivity index (χ0) is 20.8. The number of ether oxygens (including phenoxy) is 1. The van der Waals surface area contributed by atoms with E-state index in [2.05, 4.69) is 4.98 Å². The summed E-state index contributed by atoms with van der Waals surface area (Å²) in [6.07, 6.45) is 0.794. The number of aryl methyl sites for hydroxylation is 1. The molecular formula is C21H21N5O3. The maximum absolute atomic E-state index is 11.8. The van der Waals surface area contributed by atoms with Crippen molar-refractivity contribution < 1.29 is 14.3 Å². The van der Waals surface area contributed by atoms with Crippen LogP contribution < -0.4 is 26.9 Å². The highest BCUT2D eigenvalue weighted by Crippen LogP contribution is 2.25. The summed E-state index contributed by atoms with van der Waals surface area (Å²) in [7, 11) is 0. The van der Waals surface area contributed by atoms with E-state index in [9.17, 15) is 9.59 Å². The summed E-state index contributed by atoms with van der Waals surface area (Å²) in [6.45, 7) is 2.06. The van der Waals surface area contributed by atoms with Gasteiger partial charge in [0.1, 0.15) is 12.9 Å². The Morgan fingerprint density at radius 1 is 1.14 bits per heavy atom. The average Bonchev–Trinajstić information content (AvgIpc) is 2.77. The van der Waals surface area contributed by atoms with Crippen LogP contribution >= 0.6 is 0 Å². The van der Waals surface area contributed by atoms with Crippen LogP contribution in [0.25, 0.3) is 11.3 Å². The number of nitrogens with two attached hydrogens (primary N) is 2. The second kappa shape index (κ2) is 8.96. The number of carbonyl (C=O) groups excluding carboxylic acids is 2. The van der Waals surface area contributed by atoms with Crippen LogP contribution in [0.1, 0.15) is 21.5 Å². The number of urea groups is 1. The van der Waals surface area contributed by atoms with Crippen molar-refractivity contribution in [2.45, 2.75) is 13.5 Å². The second-order valence-electron chi connectivity index (χ2n) is 6.28. The lowest BCUT2D eigenvalue weighted by atomic mass is 10.1. The van der Waals surface area contributed by atoms with Crippen molar-refractivity contribution in [1.82, 2.24) is 10.4 Å². The van der Waals surface area contributed by atoms with Crippen molar-refractivity contribution in [1.29, 1.82) is 0 Å². The van der Waals surface area contributed by atoms with Crippen molar-refractivity contribution in [3.8, 4) is 17.1 Å². The molecule has 0 radical (unpaired) electrons. The molecule has 8 heteroatoms. The molecule has 1 aromatic heterocycles. The Kier molecular flexibility index (Phi) is 6.18. The number of hydrazine groups is 2. The zero-order valence-corrected chi connectivity index (χ0v) is 15.8. The van der Waals surface area contributed by atoms with Gasteiger partial charge >= 0.3 is 6.03 Å². The van der Waals surface area contributed by atoms with Crippen molar-refractivity contribution in [2.75, 3.05) is 5.01 Å². The molecule has 0 aliphatic rings. The van der Waals surface area contributed by atoms with Gasteiger partial charge in [0.05, 0.1) is 11.4 Å². The van der Waals surface area contributed by atoms with Gasteiger partial charge in [0.15, 0.2) is 0 Å². The third-order valence-electron chi connectivity index (χ3n) is 4.42. The highest BCUT2D eigenvalue weighted by molar-refractivity contribution is 5.91. The van der Waals surface area contributed by atoms with Crippen molar-refractivity contribution >= 4 is 18.0 Å². The topological polar surface area (TPSA) is 124 Å². The summed E-state index contributed by atoms with van der Waals surface area (Å²) in [5.41, 5.74) is 6.31. The van der Waals surface area contributed by atoms with Crippen LogP contribution in [0.15, 0.2) is 60.7 Å². The number of aldehydes is 1. The number of nitrogens with one attached hydrogen (secondary N) is 1. The van der Waals surface area contributed by atoms with Crippen LogP contribution in [0.3, 0.4) is 0 Å². The van der Waals surface area contributed by atoms with E-state index >= 15 is 0 Å². The molecule has 3 aromatic rings. The number of amides is 2. The predicted octanol–water partition coefficient (Wildman–Crippen LogP) is 2.71. The van der Waals surface area contributed by atoms with E-state index in [4.69, 9.17) is 16.4 Å². The van der Waals surface area contributed by atoms with Gasteiger partial charge in [-0.25, -0.2) is 26.5 Å². The first kappa shape index (κ1) is 20.0. The Morgan fingerprint density at radius 2 is 1.86 bits per heavy atom. The predicted molar refractivity (Wildman–Crippen MR) is 110 cm³/mol. The van der Waals surface area contributed by atoms with Crippen LogP contribution in [0.2, 0.25) is 0 Å². The maximum Gasteiger partial charge on any atom is 0.350 e. The molecule has 0 aliphatic carbocycles. The Hall–Kier alpha value is -3.75. The summed E-state index contributed by atoms with van der Waals surface area (Å²) in [5, 5.41) is 0.935. The molecular weight excluding hydrogens is 370 g/mol. The number of rotatable bonds is 6. The fourth-order valence-electron chi connectivity index (χ4n) is 2.81. The number of hydrogen-bond donors (Lipinski definition) is 3. The smallest absolute Gasteiger partial charge is 0.350 e. The number of hydrogen-bond acceptors (Lipinski definition) is 6. The third kappa shape index (κ3) is 4.57.